The van der Waals surface area contributed by atoms with Crippen molar-refractivity contribution in [3.63, 3.8) is 0 Å². The van der Waals surface area contributed by atoms with Crippen LogP contribution in [0.15, 0.2) is 36.5 Å². The van der Waals surface area contributed by atoms with E-state index >= 15 is 0 Å². The normalized spacial score (nSPS) is 26.0. The number of hydrogen-bond acceptors (Lipinski definition) is 4. The summed E-state index contributed by atoms with van der Waals surface area (Å²) in [6.07, 6.45) is 4.87. The summed E-state index contributed by atoms with van der Waals surface area (Å²) in [7, 11) is 2.10. The highest BCUT2D eigenvalue weighted by atomic mass is 16.6. The number of para-hydroxylation sites is 1. The number of ether oxygens (including phenoxy) is 1. The zero-order valence-corrected chi connectivity index (χ0v) is 19.2. The van der Waals surface area contributed by atoms with Gasteiger partial charge in [-0.05, 0) is 31.5 Å². The van der Waals surface area contributed by atoms with E-state index in [0.29, 0.717) is 5.92 Å². The summed E-state index contributed by atoms with van der Waals surface area (Å²) in [5.74, 6) is 1.42. The second-order valence-electron chi connectivity index (χ2n) is 9.22. The van der Waals surface area contributed by atoms with Gasteiger partial charge in [-0.15, -0.1) is 0 Å². The van der Waals surface area contributed by atoms with Crippen LogP contribution in [0, 0.1) is 11.8 Å². The Morgan fingerprint density at radius 1 is 1.13 bits per heavy atom. The smallest absolute Gasteiger partial charge is 0.410 e. The van der Waals surface area contributed by atoms with Crippen LogP contribution in [0.3, 0.4) is 0 Å². The van der Waals surface area contributed by atoms with Crippen LogP contribution in [0.2, 0.25) is 0 Å². The molecule has 4 rings (SSSR count). The number of likely N-dealkylation sites (N-methyl/N-ethyl adjacent to an activating group) is 1. The van der Waals surface area contributed by atoms with Crippen LogP contribution in [-0.2, 0) is 4.74 Å². The van der Waals surface area contributed by atoms with E-state index in [0.717, 1.165) is 61.5 Å². The SMILES string of the molecule is CC[C@H]1C[NH2+][C@H]([C@H](OC(=O)N2CCN(C)CC2)c2ccnc3ccccc23)C[C@@H]1CC. The average molecular weight is 426 g/mol. The maximum absolute atomic E-state index is 13.2. The van der Waals surface area contributed by atoms with Gasteiger partial charge < -0.3 is 19.9 Å². The maximum atomic E-state index is 13.2. The predicted octanol–water partition coefficient (Wildman–Crippen LogP) is 3.05. The van der Waals surface area contributed by atoms with E-state index in [4.69, 9.17) is 4.74 Å². The lowest BCUT2D eigenvalue weighted by atomic mass is 9.77. The molecule has 0 bridgehead atoms. The van der Waals surface area contributed by atoms with Crippen molar-refractivity contribution in [2.45, 2.75) is 45.3 Å². The Morgan fingerprint density at radius 2 is 1.87 bits per heavy atom. The second-order valence-corrected chi connectivity index (χ2v) is 9.22. The van der Waals surface area contributed by atoms with Gasteiger partial charge in [-0.25, -0.2) is 4.79 Å². The van der Waals surface area contributed by atoms with Crippen LogP contribution in [0.5, 0.6) is 0 Å². The highest BCUT2D eigenvalue weighted by Crippen LogP contribution is 2.34. The van der Waals surface area contributed by atoms with Crippen molar-refractivity contribution in [2.75, 3.05) is 39.8 Å². The number of carbonyl (C=O) groups excluding carboxylic acids is 1. The van der Waals surface area contributed by atoms with Crippen LogP contribution in [0.25, 0.3) is 10.9 Å². The van der Waals surface area contributed by atoms with Crippen LogP contribution in [-0.4, -0.2) is 66.7 Å². The fraction of sp³-hybridized carbons (Fsp3) is 0.600. The number of quaternary nitrogens is 1. The highest BCUT2D eigenvalue weighted by Gasteiger charge is 2.39. The van der Waals surface area contributed by atoms with E-state index in [1.54, 1.807) is 0 Å². The number of piperazine rings is 1. The Morgan fingerprint density at radius 3 is 2.61 bits per heavy atom. The van der Waals surface area contributed by atoms with E-state index in [1.807, 2.05) is 35.4 Å². The Labute approximate surface area is 186 Å². The number of rotatable bonds is 5. The number of benzene rings is 1. The molecule has 6 nitrogen and oxygen atoms in total. The standard InChI is InChI=1S/C25H36N4O2/c1-4-18-16-23(27-17-19(18)5-2)24(31-25(30)29-14-12-28(3)13-15-29)21-10-11-26-22-9-7-6-8-20(21)22/h6-11,18-19,23-24,27H,4-5,12-17H2,1-3H3/p+1/t18-,19-,23-,24+/m0/s1. The molecular formula is C25H37N4O2+. The molecule has 2 saturated heterocycles. The molecule has 0 aliphatic carbocycles. The summed E-state index contributed by atoms with van der Waals surface area (Å²) in [6.45, 7) is 8.93. The molecule has 2 aromatic rings. The van der Waals surface area contributed by atoms with Crippen molar-refractivity contribution < 1.29 is 14.8 Å². The zero-order valence-electron chi connectivity index (χ0n) is 19.2. The van der Waals surface area contributed by atoms with Gasteiger partial charge in [0.15, 0.2) is 6.10 Å². The van der Waals surface area contributed by atoms with Crippen molar-refractivity contribution in [1.82, 2.24) is 14.8 Å². The Bertz CT molecular complexity index is 875. The molecule has 0 radical (unpaired) electrons. The molecule has 1 aromatic carbocycles. The van der Waals surface area contributed by atoms with Gasteiger partial charge in [0.1, 0.15) is 6.04 Å². The molecule has 2 N–H and O–H groups in total. The quantitative estimate of drug-likeness (QED) is 0.800. The highest BCUT2D eigenvalue weighted by molar-refractivity contribution is 5.82. The van der Waals surface area contributed by atoms with Crippen LogP contribution < -0.4 is 5.32 Å². The van der Waals surface area contributed by atoms with Gasteiger partial charge in [0.05, 0.1) is 12.1 Å². The summed E-state index contributed by atoms with van der Waals surface area (Å²) in [4.78, 5) is 21.9. The molecule has 1 amide bonds. The monoisotopic (exact) mass is 425 g/mol. The number of pyridine rings is 1. The van der Waals surface area contributed by atoms with E-state index in [2.05, 4.69) is 42.2 Å². The molecule has 6 heteroatoms. The third-order valence-electron chi connectivity index (χ3n) is 7.40. The van der Waals surface area contributed by atoms with Crippen LogP contribution >= 0.6 is 0 Å². The molecule has 1 aromatic heterocycles. The minimum absolute atomic E-state index is 0.182. The van der Waals surface area contributed by atoms with E-state index in [-0.39, 0.29) is 18.2 Å². The van der Waals surface area contributed by atoms with Gasteiger partial charge in [-0.3, -0.25) is 4.98 Å². The van der Waals surface area contributed by atoms with Crippen molar-refractivity contribution in [1.29, 1.82) is 0 Å². The molecule has 0 spiro atoms. The number of aromatic nitrogens is 1. The molecule has 2 aliphatic heterocycles. The third-order valence-corrected chi connectivity index (χ3v) is 7.40. The van der Waals surface area contributed by atoms with E-state index < -0.39 is 0 Å². The lowest BCUT2D eigenvalue weighted by Gasteiger charge is -2.38. The minimum Gasteiger partial charge on any atom is -0.435 e. The largest absolute Gasteiger partial charge is 0.435 e. The number of nitrogens with two attached hydrogens (primary N) is 1. The lowest BCUT2D eigenvalue weighted by Crippen LogP contribution is -2.94. The summed E-state index contributed by atoms with van der Waals surface area (Å²) in [5, 5.41) is 3.51. The first kappa shape index (κ1) is 22.0. The first-order valence-electron chi connectivity index (χ1n) is 11.9. The minimum atomic E-state index is -0.271. The first-order chi connectivity index (χ1) is 15.1. The molecule has 4 atom stereocenters. The molecule has 0 unspecified atom stereocenters. The predicted molar refractivity (Wildman–Crippen MR) is 123 cm³/mol. The molecule has 3 heterocycles. The molecular weight excluding hydrogens is 388 g/mol. The third kappa shape index (κ3) is 4.85. The Kier molecular flexibility index (Phi) is 7.08. The van der Waals surface area contributed by atoms with Gasteiger partial charge in [-0.1, -0.05) is 38.5 Å². The molecule has 31 heavy (non-hydrogen) atoms. The molecule has 2 fully saturated rings. The summed E-state index contributed by atoms with van der Waals surface area (Å²) >= 11 is 0. The number of hydrogen-bond donors (Lipinski definition) is 1. The fourth-order valence-electron chi connectivity index (χ4n) is 5.35. The second kappa shape index (κ2) is 9.96. The number of fused-ring (bicyclic) bond motifs is 1. The molecule has 2 aliphatic rings. The number of nitrogens with zero attached hydrogens (tertiary/aromatic N) is 3. The van der Waals surface area contributed by atoms with Crippen molar-refractivity contribution in [3.05, 3.63) is 42.1 Å². The number of carbonyl (C=O) groups is 1. The molecule has 0 saturated carbocycles. The topological polar surface area (TPSA) is 62.3 Å². The fourth-order valence-corrected chi connectivity index (χ4v) is 5.35. The van der Waals surface area contributed by atoms with E-state index in [9.17, 15) is 4.79 Å². The maximum Gasteiger partial charge on any atom is 0.410 e. The number of piperidine rings is 1. The molecule has 168 valence electrons. The van der Waals surface area contributed by atoms with Crippen molar-refractivity contribution >= 4 is 17.0 Å². The van der Waals surface area contributed by atoms with Crippen molar-refractivity contribution in [2.24, 2.45) is 11.8 Å². The first-order valence-corrected chi connectivity index (χ1v) is 11.9. The Hall–Kier alpha value is -2.18. The van der Waals surface area contributed by atoms with Crippen LogP contribution in [0.4, 0.5) is 4.79 Å². The van der Waals surface area contributed by atoms with Gasteiger partial charge in [0.25, 0.3) is 0 Å². The Balaban J connectivity index is 1.63. The van der Waals surface area contributed by atoms with Crippen LogP contribution in [0.1, 0.15) is 44.8 Å². The number of amides is 1. The summed E-state index contributed by atoms with van der Waals surface area (Å²) in [6, 6.07) is 10.5. The average Bonchev–Trinajstić information content (AvgIpc) is 2.82. The van der Waals surface area contributed by atoms with Gasteiger partial charge in [-0.2, -0.15) is 0 Å². The van der Waals surface area contributed by atoms with Crippen molar-refractivity contribution in [3.8, 4) is 0 Å². The van der Waals surface area contributed by atoms with Gasteiger partial charge in [0.2, 0.25) is 0 Å². The zero-order chi connectivity index (χ0) is 21.8. The van der Waals surface area contributed by atoms with Gasteiger partial charge in [0, 0.05) is 55.7 Å². The summed E-state index contributed by atoms with van der Waals surface area (Å²) < 4.78 is 6.33. The summed E-state index contributed by atoms with van der Waals surface area (Å²) in [5.41, 5.74) is 2.04. The van der Waals surface area contributed by atoms with Gasteiger partial charge >= 0.3 is 6.09 Å². The van der Waals surface area contributed by atoms with E-state index in [1.165, 1.54) is 12.8 Å². The lowest BCUT2D eigenvalue weighted by molar-refractivity contribution is -0.714.